The van der Waals surface area contributed by atoms with Crippen LogP contribution in [0.3, 0.4) is 0 Å². The first-order chi connectivity index (χ1) is 11.5. The molecule has 25 heavy (non-hydrogen) atoms. The monoisotopic (exact) mass is 500 g/mol. The molecule has 0 bridgehead atoms. The summed E-state index contributed by atoms with van der Waals surface area (Å²) in [5.74, 6) is 2.24. The quantitative estimate of drug-likeness (QED) is 0.102. The minimum Gasteiger partial charge on any atom is -0.422 e. The maximum atomic E-state index is 4.79. The van der Waals surface area contributed by atoms with E-state index in [1.54, 1.807) is 23.5 Å². The van der Waals surface area contributed by atoms with Gasteiger partial charge in [-0.05, 0) is 24.3 Å². The molecule has 0 unspecified atom stereocenters. The van der Waals surface area contributed by atoms with Gasteiger partial charge in [-0.25, -0.2) is 0 Å². The molecule has 0 amide bonds. The Kier molecular flexibility index (Phi) is 35.3. The predicted molar refractivity (Wildman–Crippen MR) is 132 cm³/mol. The van der Waals surface area contributed by atoms with Crippen LogP contribution in [-0.4, -0.2) is 18.6 Å². The van der Waals surface area contributed by atoms with E-state index < -0.39 is 0 Å². The Morgan fingerprint density at radius 2 is 0.880 bits per heavy atom. The van der Waals surface area contributed by atoms with Gasteiger partial charge in [0.1, 0.15) is 0 Å². The van der Waals surface area contributed by atoms with Gasteiger partial charge in [0.25, 0.3) is 0 Å². The van der Waals surface area contributed by atoms with Gasteiger partial charge in [-0.3, -0.25) is 0 Å². The zero-order chi connectivity index (χ0) is 18.5. The van der Waals surface area contributed by atoms with E-state index in [0.29, 0.717) is 7.06 Å². The second kappa shape index (κ2) is 28.0. The molecule has 0 aromatic carbocycles. The minimum atomic E-state index is 0. The van der Waals surface area contributed by atoms with Crippen molar-refractivity contribution < 1.29 is 16.5 Å². The Labute approximate surface area is 197 Å². The number of unbranched alkanes of at least 4 members (excludes halogenated alkanes) is 10. The molecule has 0 saturated carbocycles. The topological polar surface area (TPSA) is 0 Å². The Bertz CT molecular complexity index is 259. The summed E-state index contributed by atoms with van der Waals surface area (Å²) in [6, 6.07) is 0. The van der Waals surface area contributed by atoms with Crippen molar-refractivity contribution in [2.45, 2.75) is 90.9 Å². The molecule has 0 spiro atoms. The third-order valence-corrected chi connectivity index (χ3v) is 6.31. The van der Waals surface area contributed by atoms with Crippen molar-refractivity contribution >= 4 is 80.3 Å². The summed E-state index contributed by atoms with van der Waals surface area (Å²) in [5.41, 5.74) is 0. The zero-order valence-electron chi connectivity index (χ0n) is 15.7. The van der Waals surface area contributed by atoms with Crippen molar-refractivity contribution in [3.63, 3.8) is 0 Å². The average Bonchev–Trinajstić information content (AvgIpc) is 2.53. The zero-order valence-corrected chi connectivity index (χ0v) is 21.6. The van der Waals surface area contributed by atoms with Crippen LogP contribution in [-0.2, 0) is 41.7 Å². The molecule has 0 saturated heterocycles. The van der Waals surface area contributed by atoms with Crippen LogP contribution in [0.25, 0.3) is 0 Å². The Morgan fingerprint density at radius 3 is 1.16 bits per heavy atom. The standard InChI is InChI=1S/2C9H18S3.Ni/c2*1-2-3-4-5-6-7-8-12-9(10)11;/h2*2-8H2,1H3,(H,10,11);/q;;+2/p-2. The fourth-order valence-corrected chi connectivity index (χ4v) is 4.11. The molecular formula is C18H34NiS6. The van der Waals surface area contributed by atoms with Gasteiger partial charge in [-0.1, -0.05) is 85.1 Å². The number of rotatable bonds is 14. The summed E-state index contributed by atoms with van der Waals surface area (Å²) < 4.78 is 1.34. The van der Waals surface area contributed by atoms with E-state index in [2.05, 4.69) is 13.8 Å². The number of thioether (sulfide) groups is 2. The van der Waals surface area contributed by atoms with Crippen LogP contribution in [0.2, 0.25) is 0 Å². The third kappa shape index (κ3) is 37.3. The van der Waals surface area contributed by atoms with Crippen LogP contribution in [0.4, 0.5) is 0 Å². The summed E-state index contributed by atoms with van der Waals surface area (Å²) in [7, 11) is 0. The van der Waals surface area contributed by atoms with E-state index in [1.165, 1.54) is 77.0 Å². The first kappa shape index (κ1) is 31.5. The van der Waals surface area contributed by atoms with E-state index in [4.69, 9.17) is 49.7 Å². The Morgan fingerprint density at radius 1 is 0.600 bits per heavy atom. The van der Waals surface area contributed by atoms with Crippen molar-refractivity contribution in [2.24, 2.45) is 0 Å². The van der Waals surface area contributed by atoms with Crippen LogP contribution in [0, 0.1) is 0 Å². The molecular weight excluding hydrogens is 467 g/mol. The maximum absolute atomic E-state index is 4.79. The molecule has 152 valence electrons. The molecule has 0 N–H and O–H groups in total. The van der Waals surface area contributed by atoms with Crippen LogP contribution in [0.1, 0.15) is 90.9 Å². The van der Waals surface area contributed by atoms with Gasteiger partial charge in [0.05, 0.1) is 0 Å². The van der Waals surface area contributed by atoms with E-state index in [0.717, 1.165) is 11.5 Å². The molecule has 0 heterocycles. The van der Waals surface area contributed by atoms with Gasteiger partial charge in [0, 0.05) is 0 Å². The van der Waals surface area contributed by atoms with Gasteiger partial charge in [-0.2, -0.15) is 0 Å². The first-order valence-electron chi connectivity index (χ1n) is 9.22. The summed E-state index contributed by atoms with van der Waals surface area (Å²) in [4.78, 5) is 0. The van der Waals surface area contributed by atoms with Crippen molar-refractivity contribution in [1.82, 2.24) is 0 Å². The van der Waals surface area contributed by atoms with Crippen LogP contribution in [0.15, 0.2) is 0 Å². The van der Waals surface area contributed by atoms with Gasteiger partial charge in [-0.15, -0.1) is 23.5 Å². The normalized spacial score (nSPS) is 9.68. The number of hydrogen-bond donors (Lipinski definition) is 0. The molecule has 0 fully saturated rings. The van der Waals surface area contributed by atoms with E-state index in [1.807, 2.05) is 0 Å². The molecule has 0 aliphatic carbocycles. The van der Waals surface area contributed by atoms with E-state index in [-0.39, 0.29) is 16.5 Å². The van der Waals surface area contributed by atoms with Crippen LogP contribution >= 0.6 is 48.0 Å². The fourth-order valence-electron chi connectivity index (χ4n) is 2.08. The maximum Gasteiger partial charge on any atom is 2.00 e. The van der Waals surface area contributed by atoms with Gasteiger partial charge in [0.2, 0.25) is 0 Å². The van der Waals surface area contributed by atoms with Crippen molar-refractivity contribution in [1.29, 1.82) is 0 Å². The van der Waals surface area contributed by atoms with Gasteiger partial charge in [0.15, 0.2) is 0 Å². The van der Waals surface area contributed by atoms with Gasteiger partial charge < -0.3 is 49.7 Å². The average molecular weight is 502 g/mol. The number of hydrogen-bond acceptors (Lipinski definition) is 6. The summed E-state index contributed by atoms with van der Waals surface area (Å²) in [6.45, 7) is 4.48. The number of thiocarbonyl (C=S) groups is 2. The van der Waals surface area contributed by atoms with Crippen molar-refractivity contribution in [2.75, 3.05) is 11.5 Å². The smallest absolute Gasteiger partial charge is 0.422 e. The molecule has 0 nitrogen and oxygen atoms in total. The molecule has 0 radical (unpaired) electrons. The molecule has 0 atom stereocenters. The fraction of sp³-hybridized carbons (Fsp3) is 0.889. The van der Waals surface area contributed by atoms with Crippen molar-refractivity contribution in [3.05, 3.63) is 0 Å². The Balaban J connectivity index is -0.000000372. The predicted octanol–water partition coefficient (Wildman–Crippen LogP) is 7.82. The largest absolute Gasteiger partial charge is 2.00 e. The molecule has 0 aliphatic heterocycles. The Hall–Kier alpha value is 1.81. The SMILES string of the molecule is CCCCCCCCSC(=S)[S-].CCCCCCCCSC(=S)[S-].[Ni+2]. The third-order valence-electron chi connectivity index (χ3n) is 3.44. The second-order valence-electron chi connectivity index (χ2n) is 5.73. The van der Waals surface area contributed by atoms with E-state index in [9.17, 15) is 0 Å². The minimum absolute atomic E-state index is 0. The second-order valence-corrected chi connectivity index (χ2v) is 11.1. The van der Waals surface area contributed by atoms with Crippen LogP contribution < -0.4 is 0 Å². The van der Waals surface area contributed by atoms with E-state index >= 15 is 0 Å². The van der Waals surface area contributed by atoms with Gasteiger partial charge >= 0.3 is 16.5 Å². The summed E-state index contributed by atoms with van der Waals surface area (Å²) in [6.07, 6.45) is 16.2. The summed E-state index contributed by atoms with van der Waals surface area (Å²) >= 11 is 22.5. The first-order valence-corrected chi connectivity index (χ1v) is 12.8. The molecule has 0 rings (SSSR count). The van der Waals surface area contributed by atoms with Crippen molar-refractivity contribution in [3.8, 4) is 0 Å². The molecule has 0 aromatic rings. The molecule has 7 heteroatoms. The molecule has 0 aliphatic rings. The summed E-state index contributed by atoms with van der Waals surface area (Å²) in [5, 5.41) is 0. The van der Waals surface area contributed by atoms with Crippen LogP contribution in [0.5, 0.6) is 0 Å². The molecule has 0 aromatic heterocycles.